The number of benzene rings is 2. The van der Waals surface area contributed by atoms with E-state index in [9.17, 15) is 0 Å². The summed E-state index contributed by atoms with van der Waals surface area (Å²) in [6, 6.07) is 13.0. The fraction of sp³-hybridized carbons (Fsp3) is 0.333. The van der Waals surface area contributed by atoms with Crippen LogP contribution in [0, 0.1) is 6.92 Å². The summed E-state index contributed by atoms with van der Waals surface area (Å²) in [5, 5.41) is 4.69. The molecule has 0 saturated carbocycles. The number of fused-ring (bicyclic) bond motifs is 2. The van der Waals surface area contributed by atoms with E-state index in [1.165, 1.54) is 16.7 Å². The Morgan fingerprint density at radius 1 is 1.00 bits per heavy atom. The number of anilines is 1. The molecule has 1 N–H and O–H groups in total. The fourth-order valence-corrected chi connectivity index (χ4v) is 3.30. The van der Waals surface area contributed by atoms with Gasteiger partial charge in [-0.3, -0.25) is 0 Å². The average Bonchev–Trinajstić information content (AvgIpc) is 3.05. The van der Waals surface area contributed by atoms with Gasteiger partial charge in [-0.25, -0.2) is 9.97 Å². The summed E-state index contributed by atoms with van der Waals surface area (Å²) >= 11 is 0. The highest BCUT2D eigenvalue weighted by atomic mass is 16.5. The lowest BCUT2D eigenvalue weighted by atomic mass is 10.1. The molecule has 4 nitrogen and oxygen atoms in total. The molecule has 1 heterocycles. The Balaban J connectivity index is 0.000000880. The molecule has 0 amide bonds. The molecule has 0 radical (unpaired) electrons. The van der Waals surface area contributed by atoms with Crippen LogP contribution in [0.5, 0.6) is 5.75 Å². The summed E-state index contributed by atoms with van der Waals surface area (Å²) in [4.78, 5) is 8.81. The van der Waals surface area contributed by atoms with Crippen molar-refractivity contribution in [2.45, 2.75) is 39.7 Å². The Morgan fingerprint density at radius 2 is 1.80 bits per heavy atom. The van der Waals surface area contributed by atoms with Crippen LogP contribution in [-0.2, 0) is 12.8 Å². The molecule has 0 aliphatic heterocycles. The first-order valence-electron chi connectivity index (χ1n) is 8.86. The monoisotopic (exact) mass is 335 g/mol. The van der Waals surface area contributed by atoms with Gasteiger partial charge in [-0.15, -0.1) is 0 Å². The van der Waals surface area contributed by atoms with Gasteiger partial charge in [-0.2, -0.15) is 0 Å². The summed E-state index contributed by atoms with van der Waals surface area (Å²) in [5.41, 5.74) is 4.94. The molecule has 0 spiro atoms. The first-order chi connectivity index (χ1) is 12.2. The molecule has 1 aliphatic carbocycles. The van der Waals surface area contributed by atoms with Gasteiger partial charge < -0.3 is 10.1 Å². The van der Waals surface area contributed by atoms with Crippen LogP contribution in [0.1, 0.15) is 30.5 Å². The zero-order chi connectivity index (χ0) is 17.8. The summed E-state index contributed by atoms with van der Waals surface area (Å²) < 4.78 is 5.32. The van der Waals surface area contributed by atoms with Crippen LogP contribution in [0.25, 0.3) is 10.9 Å². The highest BCUT2D eigenvalue weighted by Crippen LogP contribution is 2.29. The highest BCUT2D eigenvalue weighted by Gasteiger charge is 2.22. The van der Waals surface area contributed by atoms with Crippen LogP contribution >= 0.6 is 0 Å². The van der Waals surface area contributed by atoms with Gasteiger partial charge >= 0.3 is 0 Å². The number of aromatic nitrogens is 2. The van der Waals surface area contributed by atoms with E-state index in [1.54, 1.807) is 13.4 Å². The number of nitrogens with one attached hydrogen (secondary N) is 1. The molecule has 4 rings (SSSR count). The third-order valence-corrected chi connectivity index (χ3v) is 4.48. The van der Waals surface area contributed by atoms with Crippen molar-refractivity contribution < 1.29 is 4.74 Å². The SMILES string of the molecule is CC.COc1ccc2c(c1)CC(Nc1ncnc3ccc(C)cc13)C2. The van der Waals surface area contributed by atoms with Crippen molar-refractivity contribution >= 4 is 16.7 Å². The van der Waals surface area contributed by atoms with E-state index in [2.05, 4.69) is 46.5 Å². The molecule has 2 aromatic carbocycles. The van der Waals surface area contributed by atoms with Crippen molar-refractivity contribution in [2.24, 2.45) is 0 Å². The molecule has 1 unspecified atom stereocenters. The van der Waals surface area contributed by atoms with E-state index in [4.69, 9.17) is 4.74 Å². The maximum atomic E-state index is 5.32. The Hall–Kier alpha value is -2.62. The van der Waals surface area contributed by atoms with Crippen molar-refractivity contribution in [1.82, 2.24) is 9.97 Å². The number of nitrogens with zero attached hydrogens (tertiary/aromatic N) is 2. The van der Waals surface area contributed by atoms with Crippen molar-refractivity contribution in [2.75, 3.05) is 12.4 Å². The second-order valence-corrected chi connectivity index (χ2v) is 6.13. The minimum Gasteiger partial charge on any atom is -0.497 e. The van der Waals surface area contributed by atoms with Crippen molar-refractivity contribution in [3.05, 3.63) is 59.4 Å². The van der Waals surface area contributed by atoms with Crippen LogP contribution in [0.2, 0.25) is 0 Å². The first-order valence-corrected chi connectivity index (χ1v) is 8.86. The zero-order valence-electron chi connectivity index (χ0n) is 15.3. The molecule has 0 bridgehead atoms. The van der Waals surface area contributed by atoms with E-state index >= 15 is 0 Å². The Kier molecular flexibility index (Phi) is 5.17. The molecule has 3 aromatic rings. The Bertz CT molecular complexity index is 876. The number of ether oxygens (including phenoxy) is 1. The highest BCUT2D eigenvalue weighted by molar-refractivity contribution is 5.89. The first kappa shape index (κ1) is 17.2. The second kappa shape index (κ2) is 7.51. The van der Waals surface area contributed by atoms with Crippen molar-refractivity contribution in [3.8, 4) is 5.75 Å². The van der Waals surface area contributed by atoms with Crippen LogP contribution in [0.3, 0.4) is 0 Å². The van der Waals surface area contributed by atoms with Gasteiger partial charge in [0, 0.05) is 11.4 Å². The molecular weight excluding hydrogens is 310 g/mol. The van der Waals surface area contributed by atoms with Gasteiger partial charge in [0.2, 0.25) is 0 Å². The normalized spacial score (nSPS) is 15.3. The fourth-order valence-electron chi connectivity index (χ4n) is 3.30. The number of rotatable bonds is 3. The maximum absolute atomic E-state index is 5.32. The van der Waals surface area contributed by atoms with E-state index < -0.39 is 0 Å². The third kappa shape index (κ3) is 3.58. The molecule has 1 aliphatic rings. The summed E-state index contributed by atoms with van der Waals surface area (Å²) in [5.74, 6) is 1.84. The van der Waals surface area contributed by atoms with E-state index in [0.717, 1.165) is 35.3 Å². The molecule has 1 atom stereocenters. The molecule has 4 heteroatoms. The van der Waals surface area contributed by atoms with Crippen LogP contribution < -0.4 is 10.1 Å². The Morgan fingerprint density at radius 3 is 2.60 bits per heavy atom. The third-order valence-electron chi connectivity index (χ3n) is 4.48. The summed E-state index contributed by atoms with van der Waals surface area (Å²) in [7, 11) is 1.71. The number of methoxy groups -OCH3 is 1. The predicted molar refractivity (Wildman–Crippen MR) is 103 cm³/mol. The van der Waals surface area contributed by atoms with E-state index in [0.29, 0.717) is 6.04 Å². The number of aryl methyl sites for hydroxylation is 1. The second-order valence-electron chi connectivity index (χ2n) is 6.13. The van der Waals surface area contributed by atoms with Crippen LogP contribution in [0.15, 0.2) is 42.7 Å². The van der Waals surface area contributed by atoms with Crippen molar-refractivity contribution in [3.63, 3.8) is 0 Å². The van der Waals surface area contributed by atoms with Gasteiger partial charge in [0.25, 0.3) is 0 Å². The van der Waals surface area contributed by atoms with Gasteiger partial charge in [-0.05, 0) is 55.2 Å². The quantitative estimate of drug-likeness (QED) is 0.762. The molecule has 25 heavy (non-hydrogen) atoms. The maximum Gasteiger partial charge on any atom is 0.137 e. The minimum atomic E-state index is 0.357. The smallest absolute Gasteiger partial charge is 0.137 e. The van der Waals surface area contributed by atoms with Crippen LogP contribution in [0.4, 0.5) is 5.82 Å². The summed E-state index contributed by atoms with van der Waals surface area (Å²) in [6.07, 6.45) is 3.63. The number of hydrogen-bond acceptors (Lipinski definition) is 4. The zero-order valence-corrected chi connectivity index (χ0v) is 15.3. The molecular formula is C21H25N3O. The van der Waals surface area contributed by atoms with Gasteiger partial charge in [0.05, 0.1) is 12.6 Å². The molecule has 130 valence electrons. The van der Waals surface area contributed by atoms with Crippen LogP contribution in [-0.4, -0.2) is 23.1 Å². The lowest BCUT2D eigenvalue weighted by Gasteiger charge is -2.14. The lowest BCUT2D eigenvalue weighted by molar-refractivity contribution is 0.414. The van der Waals surface area contributed by atoms with E-state index in [-0.39, 0.29) is 0 Å². The van der Waals surface area contributed by atoms with E-state index in [1.807, 2.05) is 26.0 Å². The van der Waals surface area contributed by atoms with Gasteiger partial charge in [0.1, 0.15) is 17.9 Å². The van der Waals surface area contributed by atoms with Gasteiger partial charge in [0.15, 0.2) is 0 Å². The topological polar surface area (TPSA) is 47.0 Å². The largest absolute Gasteiger partial charge is 0.497 e. The summed E-state index contributed by atoms with van der Waals surface area (Å²) in [6.45, 7) is 6.09. The lowest BCUT2D eigenvalue weighted by Crippen LogP contribution is -2.20. The average molecular weight is 335 g/mol. The molecule has 1 aromatic heterocycles. The molecule has 0 fully saturated rings. The molecule has 0 saturated heterocycles. The standard InChI is InChI=1S/C19H19N3O.C2H6/c1-12-3-6-18-17(7-12)19(21-11-20-18)22-15-8-13-4-5-16(23-2)10-14(13)9-15;1-2/h3-7,10-11,15H,8-9H2,1-2H3,(H,20,21,22);1-2H3. The van der Waals surface area contributed by atoms with Crippen molar-refractivity contribution in [1.29, 1.82) is 0 Å². The van der Waals surface area contributed by atoms with Gasteiger partial charge in [-0.1, -0.05) is 31.5 Å². The Labute approximate surface area is 149 Å². The minimum absolute atomic E-state index is 0.357. The predicted octanol–water partition coefficient (Wildman–Crippen LogP) is 4.55. The number of hydrogen-bond donors (Lipinski definition) is 1.